The van der Waals surface area contributed by atoms with Crippen LogP contribution in [0.1, 0.15) is 5.69 Å². The molecule has 5 nitrogen and oxygen atoms in total. The van der Waals surface area contributed by atoms with Gasteiger partial charge in [-0.2, -0.15) is 0 Å². The van der Waals surface area contributed by atoms with E-state index in [2.05, 4.69) is 10.3 Å². The fraction of sp³-hybridized carbons (Fsp3) is 0.312. The number of nitrogens with zero attached hydrogens (tertiary/aromatic N) is 1. The average molecular weight is 288 g/mol. The van der Waals surface area contributed by atoms with Gasteiger partial charge in [0.1, 0.15) is 12.7 Å². The molecule has 1 unspecified atom stereocenters. The van der Waals surface area contributed by atoms with Gasteiger partial charge >= 0.3 is 0 Å². The molecule has 2 rings (SSSR count). The number of aliphatic hydroxyl groups is 1. The predicted octanol–water partition coefficient (Wildman–Crippen LogP) is 1.62. The molecule has 0 bridgehead atoms. The summed E-state index contributed by atoms with van der Waals surface area (Å²) in [6.07, 6.45) is 1.15. The number of hydrogen-bond donors (Lipinski definition) is 2. The number of rotatable bonds is 8. The number of aromatic nitrogens is 1. The maximum Gasteiger partial charge on any atom is 0.161 e. The number of hydrogen-bond acceptors (Lipinski definition) is 5. The Morgan fingerprint density at radius 1 is 1.14 bits per heavy atom. The zero-order valence-electron chi connectivity index (χ0n) is 12.0. The second kappa shape index (κ2) is 8.24. The highest BCUT2D eigenvalue weighted by molar-refractivity contribution is 5.39. The molecule has 0 amide bonds. The normalized spacial score (nSPS) is 11.9. The monoisotopic (exact) mass is 288 g/mol. The van der Waals surface area contributed by atoms with Crippen LogP contribution in [0.3, 0.4) is 0 Å². The highest BCUT2D eigenvalue weighted by atomic mass is 16.5. The number of pyridine rings is 1. The van der Waals surface area contributed by atoms with Crippen molar-refractivity contribution in [2.75, 3.05) is 20.3 Å². The van der Waals surface area contributed by atoms with Crippen LogP contribution in [0.15, 0.2) is 48.7 Å². The topological polar surface area (TPSA) is 63.6 Å². The number of benzene rings is 1. The van der Waals surface area contributed by atoms with Crippen molar-refractivity contribution in [2.45, 2.75) is 12.6 Å². The van der Waals surface area contributed by atoms with Crippen LogP contribution in [0.2, 0.25) is 0 Å². The minimum Gasteiger partial charge on any atom is -0.493 e. The van der Waals surface area contributed by atoms with Crippen molar-refractivity contribution < 1.29 is 14.6 Å². The van der Waals surface area contributed by atoms with Gasteiger partial charge in [0.05, 0.1) is 12.8 Å². The van der Waals surface area contributed by atoms with Gasteiger partial charge in [0.2, 0.25) is 0 Å². The van der Waals surface area contributed by atoms with E-state index in [9.17, 15) is 5.11 Å². The van der Waals surface area contributed by atoms with Gasteiger partial charge in [0, 0.05) is 19.3 Å². The van der Waals surface area contributed by atoms with Gasteiger partial charge < -0.3 is 19.9 Å². The van der Waals surface area contributed by atoms with Crippen LogP contribution in [-0.2, 0) is 6.54 Å². The zero-order chi connectivity index (χ0) is 14.9. The van der Waals surface area contributed by atoms with Crippen LogP contribution in [0.5, 0.6) is 11.5 Å². The minimum absolute atomic E-state index is 0.204. The summed E-state index contributed by atoms with van der Waals surface area (Å²) < 4.78 is 10.7. The number of methoxy groups -OCH3 is 1. The van der Waals surface area contributed by atoms with Gasteiger partial charge in [-0.1, -0.05) is 18.2 Å². The van der Waals surface area contributed by atoms with Crippen LogP contribution in [-0.4, -0.2) is 36.5 Å². The van der Waals surface area contributed by atoms with E-state index in [0.717, 1.165) is 5.69 Å². The molecule has 21 heavy (non-hydrogen) atoms. The van der Waals surface area contributed by atoms with E-state index in [1.165, 1.54) is 0 Å². The van der Waals surface area contributed by atoms with E-state index in [4.69, 9.17) is 9.47 Å². The molecule has 1 aromatic carbocycles. The molecule has 2 N–H and O–H groups in total. The van der Waals surface area contributed by atoms with Gasteiger partial charge in [-0.15, -0.1) is 0 Å². The van der Waals surface area contributed by atoms with E-state index in [1.54, 1.807) is 13.3 Å². The second-order valence-electron chi connectivity index (χ2n) is 4.57. The predicted molar refractivity (Wildman–Crippen MR) is 80.4 cm³/mol. The molecule has 0 spiro atoms. The molecular formula is C16H20N2O3. The van der Waals surface area contributed by atoms with Gasteiger partial charge in [-0.25, -0.2) is 0 Å². The maximum atomic E-state index is 9.90. The van der Waals surface area contributed by atoms with Crippen molar-refractivity contribution in [1.29, 1.82) is 0 Å². The lowest BCUT2D eigenvalue weighted by Crippen LogP contribution is -2.31. The van der Waals surface area contributed by atoms with Crippen LogP contribution >= 0.6 is 0 Å². The molecule has 0 saturated carbocycles. The van der Waals surface area contributed by atoms with E-state index < -0.39 is 6.10 Å². The zero-order valence-corrected chi connectivity index (χ0v) is 12.0. The Bertz CT molecular complexity index is 534. The molecular weight excluding hydrogens is 268 g/mol. The summed E-state index contributed by atoms with van der Waals surface area (Å²) in [5.74, 6) is 1.29. The summed E-state index contributed by atoms with van der Waals surface area (Å²) in [5, 5.41) is 13.0. The largest absolute Gasteiger partial charge is 0.493 e. The Morgan fingerprint density at radius 2 is 1.90 bits per heavy atom. The van der Waals surface area contributed by atoms with E-state index in [-0.39, 0.29) is 6.61 Å². The lowest BCUT2D eigenvalue weighted by molar-refractivity contribution is 0.104. The summed E-state index contributed by atoms with van der Waals surface area (Å²) in [4.78, 5) is 4.20. The molecule has 1 atom stereocenters. The quantitative estimate of drug-likeness (QED) is 0.773. The second-order valence-corrected chi connectivity index (χ2v) is 4.57. The molecule has 0 aliphatic rings. The first-order valence-electron chi connectivity index (χ1n) is 6.84. The fourth-order valence-corrected chi connectivity index (χ4v) is 1.85. The first kappa shape index (κ1) is 15.3. The number of nitrogens with one attached hydrogen (secondary N) is 1. The maximum absolute atomic E-state index is 9.90. The average Bonchev–Trinajstić information content (AvgIpc) is 2.54. The number of ether oxygens (including phenoxy) is 2. The van der Waals surface area contributed by atoms with Crippen LogP contribution in [0, 0.1) is 0 Å². The van der Waals surface area contributed by atoms with E-state index in [1.807, 2.05) is 42.5 Å². The number of aliphatic hydroxyl groups excluding tert-OH is 1. The number of para-hydroxylation sites is 2. The minimum atomic E-state index is -0.598. The Morgan fingerprint density at radius 3 is 2.62 bits per heavy atom. The van der Waals surface area contributed by atoms with Gasteiger partial charge in [0.25, 0.3) is 0 Å². The molecule has 1 heterocycles. The van der Waals surface area contributed by atoms with Crippen molar-refractivity contribution in [3.05, 3.63) is 54.4 Å². The fourth-order valence-electron chi connectivity index (χ4n) is 1.85. The SMILES string of the molecule is COc1ccccc1OCC(O)CNCc1ccccn1. The molecule has 0 radical (unpaired) electrons. The van der Waals surface area contributed by atoms with Crippen molar-refractivity contribution in [1.82, 2.24) is 10.3 Å². The van der Waals surface area contributed by atoms with Crippen molar-refractivity contribution in [3.63, 3.8) is 0 Å². The lowest BCUT2D eigenvalue weighted by atomic mass is 10.3. The standard InChI is InChI=1S/C16H20N2O3/c1-20-15-7-2-3-8-16(15)21-12-14(19)11-17-10-13-6-4-5-9-18-13/h2-9,14,17,19H,10-12H2,1H3. The smallest absolute Gasteiger partial charge is 0.161 e. The molecule has 0 aliphatic carbocycles. The van der Waals surface area contributed by atoms with Crippen LogP contribution < -0.4 is 14.8 Å². The highest BCUT2D eigenvalue weighted by Gasteiger charge is 2.08. The molecule has 0 aliphatic heterocycles. The van der Waals surface area contributed by atoms with Crippen molar-refractivity contribution in [3.8, 4) is 11.5 Å². The third-order valence-corrected chi connectivity index (χ3v) is 2.91. The summed E-state index contributed by atoms with van der Waals surface area (Å²) >= 11 is 0. The molecule has 5 heteroatoms. The van der Waals surface area contributed by atoms with Gasteiger partial charge in [0.15, 0.2) is 11.5 Å². The molecule has 112 valence electrons. The third-order valence-electron chi connectivity index (χ3n) is 2.91. The Balaban J connectivity index is 1.71. The van der Waals surface area contributed by atoms with E-state index in [0.29, 0.717) is 24.6 Å². The Kier molecular flexibility index (Phi) is 5.99. The summed E-state index contributed by atoms with van der Waals surface area (Å²) in [6, 6.07) is 13.1. The molecule has 0 fully saturated rings. The Hall–Kier alpha value is -2.11. The van der Waals surface area contributed by atoms with E-state index >= 15 is 0 Å². The summed E-state index contributed by atoms with van der Waals surface area (Å²) in [6.45, 7) is 1.26. The van der Waals surface area contributed by atoms with Crippen molar-refractivity contribution >= 4 is 0 Å². The molecule has 2 aromatic rings. The van der Waals surface area contributed by atoms with Crippen LogP contribution in [0.25, 0.3) is 0 Å². The first-order valence-corrected chi connectivity index (χ1v) is 6.84. The van der Waals surface area contributed by atoms with Crippen LogP contribution in [0.4, 0.5) is 0 Å². The first-order chi connectivity index (χ1) is 10.3. The highest BCUT2D eigenvalue weighted by Crippen LogP contribution is 2.25. The summed E-state index contributed by atoms with van der Waals surface area (Å²) in [5.41, 5.74) is 0.940. The third kappa shape index (κ3) is 5.06. The summed E-state index contributed by atoms with van der Waals surface area (Å²) in [7, 11) is 1.59. The van der Waals surface area contributed by atoms with Gasteiger partial charge in [-0.05, 0) is 24.3 Å². The Labute approximate surface area is 124 Å². The lowest BCUT2D eigenvalue weighted by Gasteiger charge is -2.14. The molecule has 0 saturated heterocycles. The molecule has 1 aromatic heterocycles. The van der Waals surface area contributed by atoms with Crippen molar-refractivity contribution in [2.24, 2.45) is 0 Å². The van der Waals surface area contributed by atoms with Gasteiger partial charge in [-0.3, -0.25) is 4.98 Å².